The van der Waals surface area contributed by atoms with E-state index in [1.807, 2.05) is 6.08 Å². The van der Waals surface area contributed by atoms with Gasteiger partial charge >= 0.3 is 5.63 Å². The number of aromatic nitrogens is 1. The number of nitrogens with one attached hydrogen (secondary N) is 1. The van der Waals surface area contributed by atoms with Gasteiger partial charge in [0.05, 0.1) is 21.6 Å². The van der Waals surface area contributed by atoms with Crippen molar-refractivity contribution in [1.29, 1.82) is 0 Å². The monoisotopic (exact) mass is 555 g/mol. The van der Waals surface area contributed by atoms with Gasteiger partial charge in [0.2, 0.25) is 10.0 Å². The highest BCUT2D eigenvalue weighted by Crippen LogP contribution is 2.28. The van der Waals surface area contributed by atoms with Gasteiger partial charge in [0, 0.05) is 17.2 Å². The first kappa shape index (κ1) is 23.8. The van der Waals surface area contributed by atoms with Gasteiger partial charge in [-0.2, -0.15) is 0 Å². The number of rotatable bonds is 6. The number of hydrogen-bond donors (Lipinski definition) is 2. The van der Waals surface area contributed by atoms with E-state index in [0.717, 1.165) is 9.85 Å². The number of ether oxygens (including phenoxy) is 1. The van der Waals surface area contributed by atoms with Gasteiger partial charge in [-0.3, -0.25) is 0 Å². The van der Waals surface area contributed by atoms with Crippen LogP contribution in [0.2, 0.25) is 0 Å². The van der Waals surface area contributed by atoms with Crippen LogP contribution in [-0.4, -0.2) is 26.6 Å². The molecule has 0 radical (unpaired) electrons. The Morgan fingerprint density at radius 2 is 2.18 bits per heavy atom. The average molecular weight is 556 g/mol. The molecule has 174 valence electrons. The Bertz CT molecular complexity index is 1520. The lowest BCUT2D eigenvalue weighted by molar-refractivity contribution is 0.265. The van der Waals surface area contributed by atoms with Crippen LogP contribution in [0.5, 0.6) is 5.19 Å². The molecule has 2 aromatic heterocycles. The summed E-state index contributed by atoms with van der Waals surface area (Å²) in [6.45, 7) is 1.69. The summed E-state index contributed by atoms with van der Waals surface area (Å²) in [7, 11) is -2.87. The van der Waals surface area contributed by atoms with Gasteiger partial charge < -0.3 is 14.9 Å². The van der Waals surface area contributed by atoms with Crippen LogP contribution in [0.1, 0.15) is 29.2 Å². The third-order valence-corrected chi connectivity index (χ3v) is 8.09. The van der Waals surface area contributed by atoms with Crippen molar-refractivity contribution < 1.29 is 22.0 Å². The topological polar surface area (TPSA) is 125 Å². The zero-order chi connectivity index (χ0) is 23.9. The summed E-state index contributed by atoms with van der Waals surface area (Å²) in [5.74, 6) is -1.02. The summed E-state index contributed by atoms with van der Waals surface area (Å²) in [5, 5.41) is 1.13. The Hall–Kier alpha value is -2.38. The second kappa shape index (κ2) is 9.11. The number of fused-ring (bicyclic) bond motifs is 1. The van der Waals surface area contributed by atoms with Crippen molar-refractivity contribution in [2.24, 2.45) is 5.73 Å². The molecule has 4 rings (SSSR count). The first-order valence-electron chi connectivity index (χ1n) is 9.73. The Balaban J connectivity index is 1.76. The third kappa shape index (κ3) is 4.53. The van der Waals surface area contributed by atoms with Gasteiger partial charge in [0.25, 0.3) is 5.19 Å². The maximum Gasteiger partial charge on any atom is 0.341 e. The first-order valence-corrected chi connectivity index (χ1v) is 12.8. The maximum absolute atomic E-state index is 15.1. The molecule has 1 aliphatic carbocycles. The molecule has 2 heterocycles. The van der Waals surface area contributed by atoms with Gasteiger partial charge in [-0.25, -0.2) is 27.3 Å². The fourth-order valence-corrected chi connectivity index (χ4v) is 5.55. The van der Waals surface area contributed by atoms with Crippen LogP contribution in [0.3, 0.4) is 0 Å². The van der Waals surface area contributed by atoms with Crippen molar-refractivity contribution in [3.63, 3.8) is 0 Å². The predicted molar refractivity (Wildman–Crippen MR) is 125 cm³/mol. The van der Waals surface area contributed by atoms with Crippen molar-refractivity contribution >= 4 is 49.4 Å². The minimum atomic E-state index is -4.05. The third-order valence-electron chi connectivity index (χ3n) is 5.29. The Morgan fingerprint density at radius 1 is 1.42 bits per heavy atom. The largest absolute Gasteiger partial charge is 0.462 e. The maximum atomic E-state index is 15.1. The summed E-state index contributed by atoms with van der Waals surface area (Å²) in [6, 6.07) is 2.62. The molecule has 1 aliphatic rings. The van der Waals surface area contributed by atoms with E-state index < -0.39 is 32.4 Å². The molecule has 2 unspecified atom stereocenters. The molecular formula is C21H19BrFN3O5S2. The minimum absolute atomic E-state index is 0.0551. The lowest BCUT2D eigenvalue weighted by atomic mass is 9.95. The molecule has 0 aliphatic heterocycles. The zero-order valence-corrected chi connectivity index (χ0v) is 20.7. The summed E-state index contributed by atoms with van der Waals surface area (Å²) in [6.07, 6.45) is 5.30. The van der Waals surface area contributed by atoms with E-state index in [0.29, 0.717) is 27.8 Å². The van der Waals surface area contributed by atoms with Crippen LogP contribution in [0.25, 0.3) is 12.2 Å². The smallest absolute Gasteiger partial charge is 0.341 e. The van der Waals surface area contributed by atoms with E-state index in [-0.39, 0.29) is 17.2 Å². The molecule has 3 aromatic rings. The average Bonchev–Trinajstić information content (AvgIpc) is 3.17. The molecule has 33 heavy (non-hydrogen) atoms. The van der Waals surface area contributed by atoms with Crippen molar-refractivity contribution in [2.75, 3.05) is 7.05 Å². The fraction of sp³-hybridized carbons (Fsp3) is 0.238. The van der Waals surface area contributed by atoms with Gasteiger partial charge in [0.15, 0.2) is 0 Å². The van der Waals surface area contributed by atoms with E-state index in [9.17, 15) is 13.2 Å². The highest BCUT2D eigenvalue weighted by Gasteiger charge is 2.26. The van der Waals surface area contributed by atoms with Gasteiger partial charge in [-0.15, -0.1) is 0 Å². The van der Waals surface area contributed by atoms with Crippen LogP contribution < -0.4 is 31.5 Å². The molecule has 0 saturated carbocycles. The van der Waals surface area contributed by atoms with Gasteiger partial charge in [-0.1, -0.05) is 29.5 Å². The van der Waals surface area contributed by atoms with Crippen molar-refractivity contribution in [3.8, 4) is 5.19 Å². The lowest BCUT2D eigenvalue weighted by Crippen LogP contribution is -2.40. The number of hydrogen-bond acceptors (Lipinski definition) is 8. The second-order valence-corrected chi connectivity index (χ2v) is 11.5. The Morgan fingerprint density at radius 3 is 2.85 bits per heavy atom. The zero-order valence-electron chi connectivity index (χ0n) is 17.5. The van der Waals surface area contributed by atoms with E-state index in [1.165, 1.54) is 30.5 Å². The first-order chi connectivity index (χ1) is 15.6. The molecule has 0 spiro atoms. The minimum Gasteiger partial charge on any atom is -0.462 e. The van der Waals surface area contributed by atoms with Crippen LogP contribution in [-0.2, 0) is 10.0 Å². The fourth-order valence-electron chi connectivity index (χ4n) is 3.65. The van der Waals surface area contributed by atoms with E-state index in [1.54, 1.807) is 19.2 Å². The normalized spacial score (nSPS) is 16.5. The Labute approximate surface area is 200 Å². The molecule has 1 aromatic carbocycles. The lowest BCUT2D eigenvalue weighted by Gasteiger charge is -2.18. The SMILES string of the molecule is CNS(=O)(=O)c1cccc(C(N)c2c(C)c3c(oc2=O)=CC(Oc2ncc(Br)s2)CC=3)c1F. The number of sulfonamides is 1. The molecule has 0 bridgehead atoms. The van der Waals surface area contributed by atoms with Crippen molar-refractivity contribution in [2.45, 2.75) is 30.4 Å². The van der Waals surface area contributed by atoms with Crippen molar-refractivity contribution in [3.05, 3.63) is 71.7 Å². The van der Waals surface area contributed by atoms with Gasteiger partial charge in [0.1, 0.15) is 22.2 Å². The molecule has 12 heteroatoms. The summed E-state index contributed by atoms with van der Waals surface area (Å²) < 4.78 is 53.6. The number of thiazole rings is 1. The molecular weight excluding hydrogens is 537 g/mol. The van der Waals surface area contributed by atoms with Crippen LogP contribution in [0.4, 0.5) is 4.39 Å². The van der Waals surface area contributed by atoms with E-state index in [4.69, 9.17) is 14.9 Å². The molecule has 0 fully saturated rings. The van der Waals surface area contributed by atoms with Crippen LogP contribution in [0, 0.1) is 12.7 Å². The highest BCUT2D eigenvalue weighted by atomic mass is 79.9. The van der Waals surface area contributed by atoms with Crippen LogP contribution >= 0.6 is 27.3 Å². The molecule has 3 N–H and O–H groups in total. The predicted octanol–water partition coefficient (Wildman–Crippen LogP) is 1.67. The molecule has 2 atom stereocenters. The van der Waals surface area contributed by atoms with Gasteiger partial charge in [-0.05, 0) is 47.6 Å². The summed E-state index contributed by atoms with van der Waals surface area (Å²) in [5.41, 5.74) is 6.31. The number of halogens is 2. The number of benzene rings is 1. The molecule has 0 saturated heterocycles. The highest BCUT2D eigenvalue weighted by molar-refractivity contribution is 9.11. The standard InChI is InChI=1S/C21H19BrFN3O5S2/c1-10-12-7-6-11(30-21-26-9-16(22)32-21)8-14(12)31-20(27)17(10)19(24)13-4-3-5-15(18(13)23)33(28,29)25-2/h3-5,7-9,11,19,25H,6,24H2,1-2H3. The van der Waals surface area contributed by atoms with E-state index >= 15 is 4.39 Å². The second-order valence-electron chi connectivity index (χ2n) is 7.24. The summed E-state index contributed by atoms with van der Waals surface area (Å²) in [4.78, 5) is 16.4. The van der Waals surface area contributed by atoms with Crippen LogP contribution in [0.15, 0.2) is 42.3 Å². The molecule has 0 amide bonds. The van der Waals surface area contributed by atoms with Crippen molar-refractivity contribution in [1.82, 2.24) is 9.71 Å². The summed E-state index contributed by atoms with van der Waals surface area (Å²) >= 11 is 4.67. The number of nitrogens with two attached hydrogens (primary N) is 1. The quantitative estimate of drug-likeness (QED) is 0.474. The Kier molecular flexibility index (Phi) is 6.56. The molecule has 8 nitrogen and oxygen atoms in total. The van der Waals surface area contributed by atoms with E-state index in [2.05, 4.69) is 25.6 Å². The number of nitrogens with zero attached hydrogens (tertiary/aromatic N) is 1.